The van der Waals surface area contributed by atoms with Crippen molar-refractivity contribution in [3.63, 3.8) is 0 Å². The third-order valence-corrected chi connectivity index (χ3v) is 2.44. The van der Waals surface area contributed by atoms with Crippen molar-refractivity contribution < 1.29 is 9.53 Å². The SMILES string of the molecule is COC1C=CC(CN/C=C(/C=O)C(=N)N)=CC1. The summed E-state index contributed by atoms with van der Waals surface area (Å²) in [6, 6.07) is 0. The number of rotatable bonds is 6. The average Bonchev–Trinajstić information content (AvgIpc) is 2.35. The first-order chi connectivity index (χ1) is 8.17. The summed E-state index contributed by atoms with van der Waals surface area (Å²) in [5, 5.41) is 10.1. The molecule has 0 spiro atoms. The van der Waals surface area contributed by atoms with Crippen molar-refractivity contribution in [1.82, 2.24) is 5.32 Å². The van der Waals surface area contributed by atoms with Crippen LogP contribution < -0.4 is 11.1 Å². The van der Waals surface area contributed by atoms with E-state index in [2.05, 4.69) is 11.4 Å². The van der Waals surface area contributed by atoms with Crippen molar-refractivity contribution >= 4 is 12.1 Å². The van der Waals surface area contributed by atoms with Crippen LogP contribution in [-0.4, -0.2) is 31.9 Å². The van der Waals surface area contributed by atoms with Gasteiger partial charge in [-0.05, 0) is 12.0 Å². The predicted octanol–water partition coefficient (Wildman–Crippen LogP) is 0.496. The molecule has 0 aromatic carbocycles. The molecular weight excluding hydrogens is 218 g/mol. The van der Waals surface area contributed by atoms with Gasteiger partial charge in [0.1, 0.15) is 5.84 Å². The Hall–Kier alpha value is -1.88. The molecule has 1 rings (SSSR count). The number of nitrogens with two attached hydrogens (primary N) is 1. The van der Waals surface area contributed by atoms with E-state index in [-0.39, 0.29) is 17.5 Å². The highest BCUT2D eigenvalue weighted by molar-refractivity contribution is 6.11. The van der Waals surface area contributed by atoms with Gasteiger partial charge in [-0.2, -0.15) is 0 Å². The summed E-state index contributed by atoms with van der Waals surface area (Å²) < 4.78 is 5.18. The van der Waals surface area contributed by atoms with E-state index in [4.69, 9.17) is 15.9 Å². The van der Waals surface area contributed by atoms with Crippen LogP contribution in [0.5, 0.6) is 0 Å². The summed E-state index contributed by atoms with van der Waals surface area (Å²) >= 11 is 0. The zero-order valence-electron chi connectivity index (χ0n) is 9.77. The molecule has 0 radical (unpaired) electrons. The van der Waals surface area contributed by atoms with E-state index in [0.717, 1.165) is 12.0 Å². The number of carbonyl (C=O) groups excluding carboxylic acids is 1. The standard InChI is InChI=1S/C12H17N3O2/c1-17-11-4-2-9(3-5-11)6-15-7-10(8-16)12(13)14/h2-4,7-8,11,15H,5-6H2,1H3,(H3,13,14)/b10-7-. The van der Waals surface area contributed by atoms with E-state index < -0.39 is 0 Å². The van der Waals surface area contributed by atoms with Crippen molar-refractivity contribution in [3.05, 3.63) is 35.6 Å². The normalized spacial score (nSPS) is 19.7. The Labute approximate surface area is 101 Å². The van der Waals surface area contributed by atoms with Gasteiger partial charge in [-0.3, -0.25) is 10.2 Å². The Morgan fingerprint density at radius 3 is 3.00 bits per heavy atom. The Bertz CT molecular complexity index is 383. The molecule has 0 aromatic rings. The van der Waals surface area contributed by atoms with E-state index in [1.807, 2.05) is 12.2 Å². The van der Waals surface area contributed by atoms with Gasteiger partial charge in [-0.25, -0.2) is 0 Å². The topological polar surface area (TPSA) is 88.2 Å². The van der Waals surface area contributed by atoms with Gasteiger partial charge in [0.05, 0.1) is 11.7 Å². The van der Waals surface area contributed by atoms with Gasteiger partial charge >= 0.3 is 0 Å². The van der Waals surface area contributed by atoms with E-state index in [1.165, 1.54) is 6.20 Å². The minimum atomic E-state index is -0.236. The summed E-state index contributed by atoms with van der Waals surface area (Å²) in [5.41, 5.74) is 6.47. The second kappa shape index (κ2) is 6.65. The van der Waals surface area contributed by atoms with Crippen molar-refractivity contribution in [1.29, 1.82) is 5.41 Å². The molecule has 1 aliphatic rings. The number of methoxy groups -OCH3 is 1. The molecule has 4 N–H and O–H groups in total. The number of hydrogen-bond donors (Lipinski definition) is 3. The van der Waals surface area contributed by atoms with Crippen LogP contribution in [0.15, 0.2) is 35.6 Å². The van der Waals surface area contributed by atoms with Crippen LogP contribution in [0.2, 0.25) is 0 Å². The molecule has 1 unspecified atom stereocenters. The van der Waals surface area contributed by atoms with Crippen molar-refractivity contribution in [3.8, 4) is 0 Å². The Balaban J connectivity index is 2.43. The zero-order valence-corrected chi connectivity index (χ0v) is 9.77. The Kier molecular flexibility index (Phi) is 5.16. The Morgan fingerprint density at radius 1 is 1.76 bits per heavy atom. The maximum absolute atomic E-state index is 10.5. The molecule has 0 aromatic heterocycles. The van der Waals surface area contributed by atoms with Crippen LogP contribution in [-0.2, 0) is 9.53 Å². The summed E-state index contributed by atoms with van der Waals surface area (Å²) in [7, 11) is 1.68. The third kappa shape index (κ3) is 4.24. The number of carbonyl (C=O) groups is 1. The van der Waals surface area contributed by atoms with Crippen LogP contribution >= 0.6 is 0 Å². The molecule has 1 atom stereocenters. The first kappa shape index (κ1) is 13.2. The largest absolute Gasteiger partial charge is 0.386 e. The quantitative estimate of drug-likeness (QED) is 0.271. The van der Waals surface area contributed by atoms with Gasteiger partial charge < -0.3 is 15.8 Å². The van der Waals surface area contributed by atoms with Gasteiger partial charge in [-0.15, -0.1) is 0 Å². The lowest BCUT2D eigenvalue weighted by Gasteiger charge is -2.14. The van der Waals surface area contributed by atoms with Gasteiger partial charge in [0.15, 0.2) is 6.29 Å². The third-order valence-electron chi connectivity index (χ3n) is 2.44. The van der Waals surface area contributed by atoms with E-state index in [9.17, 15) is 4.79 Å². The summed E-state index contributed by atoms with van der Waals surface area (Å²) in [5.74, 6) is -0.236. The number of hydrogen-bond acceptors (Lipinski definition) is 4. The van der Waals surface area contributed by atoms with Gasteiger partial charge in [0, 0.05) is 19.9 Å². The highest BCUT2D eigenvalue weighted by Crippen LogP contribution is 2.11. The lowest BCUT2D eigenvalue weighted by molar-refractivity contribution is -0.104. The lowest BCUT2D eigenvalue weighted by atomic mass is 10.1. The fourth-order valence-electron chi connectivity index (χ4n) is 1.41. The fraction of sp³-hybridized carbons (Fsp3) is 0.333. The summed E-state index contributed by atoms with van der Waals surface area (Å²) in [4.78, 5) is 10.5. The molecule has 0 fully saturated rings. The molecule has 0 aliphatic heterocycles. The van der Waals surface area contributed by atoms with Crippen LogP contribution in [0.4, 0.5) is 0 Å². The molecule has 0 heterocycles. The highest BCUT2D eigenvalue weighted by atomic mass is 16.5. The van der Waals surface area contributed by atoms with Crippen LogP contribution in [0, 0.1) is 5.41 Å². The molecule has 0 saturated carbocycles. The van der Waals surface area contributed by atoms with Gasteiger partial charge in [0.2, 0.25) is 0 Å². The molecule has 0 bridgehead atoms. The van der Waals surface area contributed by atoms with Crippen molar-refractivity contribution in [2.45, 2.75) is 12.5 Å². The minimum Gasteiger partial charge on any atom is -0.386 e. The molecule has 17 heavy (non-hydrogen) atoms. The summed E-state index contributed by atoms with van der Waals surface area (Å²) in [6.07, 6.45) is 9.05. The molecule has 92 valence electrons. The number of ether oxygens (including phenoxy) is 1. The second-order valence-electron chi connectivity index (χ2n) is 3.66. The van der Waals surface area contributed by atoms with E-state index in [1.54, 1.807) is 7.11 Å². The fourth-order valence-corrected chi connectivity index (χ4v) is 1.41. The molecule has 0 saturated heterocycles. The lowest BCUT2D eigenvalue weighted by Crippen LogP contribution is -2.19. The number of aldehydes is 1. The van der Waals surface area contributed by atoms with E-state index >= 15 is 0 Å². The predicted molar refractivity (Wildman–Crippen MR) is 66.7 cm³/mol. The van der Waals surface area contributed by atoms with E-state index in [0.29, 0.717) is 12.8 Å². The molecule has 1 aliphatic carbocycles. The highest BCUT2D eigenvalue weighted by Gasteiger charge is 2.06. The Morgan fingerprint density at radius 2 is 2.53 bits per heavy atom. The van der Waals surface area contributed by atoms with Crippen molar-refractivity contribution in [2.75, 3.05) is 13.7 Å². The zero-order chi connectivity index (χ0) is 12.7. The maximum atomic E-state index is 10.5. The summed E-state index contributed by atoms with van der Waals surface area (Å²) in [6.45, 7) is 0.595. The van der Waals surface area contributed by atoms with Gasteiger partial charge in [-0.1, -0.05) is 18.2 Å². The first-order valence-corrected chi connectivity index (χ1v) is 5.30. The average molecular weight is 235 g/mol. The van der Waals surface area contributed by atoms with Crippen LogP contribution in [0.1, 0.15) is 6.42 Å². The second-order valence-corrected chi connectivity index (χ2v) is 3.66. The molecular formula is C12H17N3O2. The molecule has 0 amide bonds. The first-order valence-electron chi connectivity index (χ1n) is 5.30. The number of nitrogens with one attached hydrogen (secondary N) is 2. The molecule has 5 nitrogen and oxygen atoms in total. The molecule has 5 heteroatoms. The van der Waals surface area contributed by atoms with Crippen LogP contribution in [0.25, 0.3) is 0 Å². The minimum absolute atomic E-state index is 0.150. The maximum Gasteiger partial charge on any atom is 0.155 e. The number of amidine groups is 1. The van der Waals surface area contributed by atoms with Crippen molar-refractivity contribution in [2.24, 2.45) is 5.73 Å². The monoisotopic (exact) mass is 235 g/mol. The van der Waals surface area contributed by atoms with Crippen LogP contribution in [0.3, 0.4) is 0 Å². The smallest absolute Gasteiger partial charge is 0.155 e. The van der Waals surface area contributed by atoms with Gasteiger partial charge in [0.25, 0.3) is 0 Å².